The number of phenols is 1. The summed E-state index contributed by atoms with van der Waals surface area (Å²) in [5.74, 6) is 0.804. The fraction of sp³-hybridized carbons (Fsp3) is 0.500. The van der Waals surface area contributed by atoms with E-state index in [1.165, 1.54) is 13.2 Å². The highest BCUT2D eigenvalue weighted by Gasteiger charge is 2.30. The number of aromatic nitrogens is 2. The Morgan fingerprint density at radius 3 is 2.88 bits per heavy atom. The van der Waals surface area contributed by atoms with E-state index in [-0.39, 0.29) is 11.7 Å². The number of nitrogens with zero attached hydrogens (tertiary/aromatic N) is 5. The van der Waals surface area contributed by atoms with E-state index in [0.717, 1.165) is 62.3 Å². The number of piperidine rings is 1. The lowest BCUT2D eigenvalue weighted by atomic mass is 9.96. The van der Waals surface area contributed by atoms with Gasteiger partial charge in [-0.25, -0.2) is 0 Å². The van der Waals surface area contributed by atoms with Crippen LogP contribution in [0.3, 0.4) is 0 Å². The Hall–Kier alpha value is -3.18. The molecule has 8 heteroatoms. The minimum atomic E-state index is -0.171. The second-order valence-electron chi connectivity index (χ2n) is 8.60. The maximum atomic E-state index is 11.5. The third kappa shape index (κ3) is 4.53. The van der Waals surface area contributed by atoms with Crippen molar-refractivity contribution >= 4 is 11.8 Å². The molecule has 4 rings (SSSR count). The van der Waals surface area contributed by atoms with Gasteiger partial charge in [-0.1, -0.05) is 0 Å². The Kier molecular flexibility index (Phi) is 6.56. The predicted octanol–water partition coefficient (Wildman–Crippen LogP) is 2.81. The normalized spacial score (nSPS) is 18.7. The fourth-order valence-electron chi connectivity index (χ4n) is 4.88. The third-order valence-electron chi connectivity index (χ3n) is 6.45. The summed E-state index contributed by atoms with van der Waals surface area (Å²) in [6.07, 6.45) is 4.55. The summed E-state index contributed by atoms with van der Waals surface area (Å²) in [5.41, 5.74) is 3.62. The van der Waals surface area contributed by atoms with Gasteiger partial charge in [0.25, 0.3) is 0 Å². The summed E-state index contributed by atoms with van der Waals surface area (Å²) in [4.78, 5) is 16.2. The molecule has 3 heterocycles. The first kappa shape index (κ1) is 22.0. The summed E-state index contributed by atoms with van der Waals surface area (Å²) in [6.45, 7) is 5.42. The summed E-state index contributed by atoms with van der Waals surface area (Å²) in [5, 5.41) is 28.7. The number of methoxy groups -OCH3 is 1. The number of aryl methyl sites for hydroxylation is 2. The van der Waals surface area contributed by atoms with Crippen molar-refractivity contribution in [1.82, 2.24) is 15.1 Å². The van der Waals surface area contributed by atoms with E-state index in [4.69, 9.17) is 10.00 Å². The number of anilines is 1. The van der Waals surface area contributed by atoms with Gasteiger partial charge in [-0.3, -0.25) is 4.79 Å². The Morgan fingerprint density at radius 2 is 2.12 bits per heavy atom. The summed E-state index contributed by atoms with van der Waals surface area (Å²) < 4.78 is 4.78. The number of benzene rings is 1. The molecular weight excluding hydrogens is 406 g/mol. The Balaban J connectivity index is 1.55. The molecule has 2 aromatic rings. The standard InChI is InChI=1S/C24H29N5O3/c1-16-11-17(14-25)12-21(30)23(16)20-13-18-5-3-9-29(24(18)27-26-20)19-6-4-8-28(15-19)10-7-22(31)32-2/h11-13,19,30H,3-10,15H2,1-2H3. The van der Waals surface area contributed by atoms with Gasteiger partial charge < -0.3 is 19.6 Å². The SMILES string of the molecule is COC(=O)CCN1CCCC(N2CCCc3cc(-c4c(C)cc(C#N)cc4O)nnc32)C1. The summed E-state index contributed by atoms with van der Waals surface area (Å²) in [6, 6.07) is 7.67. The van der Waals surface area contributed by atoms with Gasteiger partial charge in [-0.05, 0) is 68.5 Å². The van der Waals surface area contributed by atoms with Crippen LogP contribution >= 0.6 is 0 Å². The number of hydrogen-bond donors (Lipinski definition) is 1. The molecule has 1 N–H and O–H groups in total. The zero-order valence-corrected chi connectivity index (χ0v) is 18.7. The molecule has 0 saturated carbocycles. The van der Waals surface area contributed by atoms with Crippen LogP contribution in [-0.2, 0) is 16.0 Å². The number of nitriles is 1. The number of rotatable bonds is 5. The zero-order valence-electron chi connectivity index (χ0n) is 18.7. The molecule has 8 nitrogen and oxygen atoms in total. The second-order valence-corrected chi connectivity index (χ2v) is 8.60. The maximum absolute atomic E-state index is 11.5. The van der Waals surface area contributed by atoms with Gasteiger partial charge in [-0.2, -0.15) is 5.26 Å². The van der Waals surface area contributed by atoms with Crippen LogP contribution in [0.1, 0.15) is 42.4 Å². The number of hydrogen-bond acceptors (Lipinski definition) is 8. The van der Waals surface area contributed by atoms with Crippen molar-refractivity contribution in [2.24, 2.45) is 0 Å². The molecule has 168 valence electrons. The highest BCUT2D eigenvalue weighted by molar-refractivity contribution is 5.73. The van der Waals surface area contributed by atoms with Gasteiger partial charge in [0.1, 0.15) is 5.75 Å². The highest BCUT2D eigenvalue weighted by atomic mass is 16.5. The number of carbonyl (C=O) groups excluding carboxylic acids is 1. The predicted molar refractivity (Wildman–Crippen MR) is 120 cm³/mol. The summed E-state index contributed by atoms with van der Waals surface area (Å²) >= 11 is 0. The first-order valence-electron chi connectivity index (χ1n) is 11.2. The van der Waals surface area contributed by atoms with Gasteiger partial charge >= 0.3 is 5.97 Å². The molecule has 0 spiro atoms. The third-order valence-corrected chi connectivity index (χ3v) is 6.45. The van der Waals surface area contributed by atoms with Crippen molar-refractivity contribution in [2.45, 2.75) is 45.1 Å². The molecule has 1 saturated heterocycles. The largest absolute Gasteiger partial charge is 0.507 e. The number of ether oxygens (including phenoxy) is 1. The van der Waals surface area contributed by atoms with Crippen molar-refractivity contribution in [3.63, 3.8) is 0 Å². The van der Waals surface area contributed by atoms with E-state index >= 15 is 0 Å². The van der Waals surface area contributed by atoms with E-state index in [9.17, 15) is 9.90 Å². The molecule has 0 amide bonds. The average Bonchev–Trinajstić information content (AvgIpc) is 2.81. The second kappa shape index (κ2) is 9.53. The van der Waals surface area contributed by atoms with Gasteiger partial charge in [0, 0.05) is 31.2 Å². The van der Waals surface area contributed by atoms with E-state index in [2.05, 4.69) is 26.1 Å². The topological polar surface area (TPSA) is 103 Å². The Bertz CT molecular complexity index is 1030. The number of fused-ring (bicyclic) bond motifs is 1. The molecule has 2 aliphatic heterocycles. The average molecular weight is 436 g/mol. The van der Waals surface area contributed by atoms with E-state index in [0.29, 0.717) is 35.8 Å². The molecule has 0 aliphatic carbocycles. The van der Waals surface area contributed by atoms with Gasteiger partial charge in [0.05, 0.1) is 30.9 Å². The zero-order chi connectivity index (χ0) is 22.7. The van der Waals surface area contributed by atoms with E-state index < -0.39 is 0 Å². The minimum absolute atomic E-state index is 0.0528. The van der Waals surface area contributed by atoms with Crippen molar-refractivity contribution in [2.75, 3.05) is 38.2 Å². The number of carbonyl (C=O) groups is 1. The van der Waals surface area contributed by atoms with E-state index in [1.54, 1.807) is 6.07 Å². The molecule has 1 unspecified atom stereocenters. The first-order chi connectivity index (χ1) is 15.5. The van der Waals surface area contributed by atoms with E-state index in [1.807, 2.05) is 13.0 Å². The van der Waals surface area contributed by atoms with Crippen LogP contribution in [0, 0.1) is 18.3 Å². The van der Waals surface area contributed by atoms with Gasteiger partial charge in [-0.15, -0.1) is 10.2 Å². The van der Waals surface area contributed by atoms with Crippen molar-refractivity contribution in [1.29, 1.82) is 5.26 Å². The molecule has 1 aromatic carbocycles. The van der Waals surface area contributed by atoms with Crippen LogP contribution in [0.2, 0.25) is 0 Å². The van der Waals surface area contributed by atoms with Gasteiger partial charge in [0.2, 0.25) is 0 Å². The lowest BCUT2D eigenvalue weighted by molar-refractivity contribution is -0.141. The van der Waals surface area contributed by atoms with Crippen molar-refractivity contribution in [3.05, 3.63) is 34.9 Å². The fourth-order valence-corrected chi connectivity index (χ4v) is 4.88. The Labute approximate surface area is 188 Å². The monoisotopic (exact) mass is 435 g/mol. The molecule has 1 aromatic heterocycles. The van der Waals surface area contributed by atoms with Crippen LogP contribution < -0.4 is 4.90 Å². The number of esters is 1. The van der Waals surface area contributed by atoms with Crippen LogP contribution in [0.25, 0.3) is 11.3 Å². The molecule has 0 bridgehead atoms. The van der Waals surface area contributed by atoms with Crippen LogP contribution in [0.5, 0.6) is 5.75 Å². The Morgan fingerprint density at radius 1 is 1.28 bits per heavy atom. The van der Waals surface area contributed by atoms with Crippen molar-refractivity contribution < 1.29 is 14.6 Å². The van der Waals surface area contributed by atoms with Crippen molar-refractivity contribution in [3.8, 4) is 23.1 Å². The minimum Gasteiger partial charge on any atom is -0.507 e. The smallest absolute Gasteiger partial charge is 0.306 e. The number of aromatic hydroxyl groups is 1. The quantitative estimate of drug-likeness (QED) is 0.715. The summed E-state index contributed by atoms with van der Waals surface area (Å²) in [7, 11) is 1.43. The van der Waals surface area contributed by atoms with Gasteiger partial charge in [0.15, 0.2) is 5.82 Å². The molecular formula is C24H29N5O3. The molecule has 0 radical (unpaired) electrons. The maximum Gasteiger partial charge on any atom is 0.306 e. The lowest BCUT2D eigenvalue weighted by Gasteiger charge is -2.42. The lowest BCUT2D eigenvalue weighted by Crippen LogP contribution is -2.50. The first-order valence-corrected chi connectivity index (χ1v) is 11.2. The molecule has 1 fully saturated rings. The highest BCUT2D eigenvalue weighted by Crippen LogP contribution is 2.36. The van der Waals surface area contributed by atoms with Crippen LogP contribution in [0.4, 0.5) is 5.82 Å². The van der Waals surface area contributed by atoms with Crippen LogP contribution in [-0.4, -0.2) is 65.5 Å². The number of likely N-dealkylation sites (tertiary alicyclic amines) is 1. The molecule has 2 aliphatic rings. The number of phenolic OH excluding ortho intramolecular Hbond substituents is 1. The van der Waals surface area contributed by atoms with Crippen LogP contribution in [0.15, 0.2) is 18.2 Å². The molecule has 32 heavy (non-hydrogen) atoms. The molecule has 1 atom stereocenters.